The van der Waals surface area contributed by atoms with Crippen LogP contribution in [0.4, 0.5) is 23.3 Å². The van der Waals surface area contributed by atoms with Gasteiger partial charge in [-0.3, -0.25) is 0 Å². The van der Waals surface area contributed by atoms with Crippen LogP contribution >= 0.6 is 0 Å². The Bertz CT molecular complexity index is 834. The lowest BCUT2D eigenvalue weighted by Gasteiger charge is -2.30. The number of aliphatic hydroxyl groups is 1. The number of nitrogens with zero attached hydrogens (tertiary/aromatic N) is 4. The topological polar surface area (TPSA) is 85.8 Å². The molecule has 0 spiro atoms. The van der Waals surface area contributed by atoms with Crippen LogP contribution in [0.3, 0.4) is 0 Å². The minimum absolute atomic E-state index is 0.220. The molecule has 1 fully saturated rings. The summed E-state index contributed by atoms with van der Waals surface area (Å²) in [5.74, 6) is 3.33. The second-order valence-corrected chi connectivity index (χ2v) is 7.89. The van der Waals surface area contributed by atoms with Gasteiger partial charge in [0.2, 0.25) is 5.95 Å². The smallest absolute Gasteiger partial charge is 0.229 e. The van der Waals surface area contributed by atoms with Crippen molar-refractivity contribution < 1.29 is 9.84 Å². The van der Waals surface area contributed by atoms with Crippen LogP contribution < -0.4 is 25.2 Å². The van der Waals surface area contributed by atoms with E-state index < -0.39 is 0 Å². The number of hydrogen-bond acceptors (Lipinski definition) is 8. The van der Waals surface area contributed by atoms with E-state index >= 15 is 0 Å². The van der Waals surface area contributed by atoms with Crippen molar-refractivity contribution in [2.45, 2.75) is 45.4 Å². The van der Waals surface area contributed by atoms with E-state index in [0.29, 0.717) is 12.6 Å². The van der Waals surface area contributed by atoms with Gasteiger partial charge in [-0.25, -0.2) is 0 Å². The second kappa shape index (κ2) is 8.32. The Morgan fingerprint density at radius 2 is 1.93 bits per heavy atom. The monoisotopic (exact) mass is 398 g/mol. The first kappa shape index (κ1) is 19.6. The van der Waals surface area contributed by atoms with Crippen LogP contribution in [-0.2, 0) is 6.54 Å². The van der Waals surface area contributed by atoms with Crippen molar-refractivity contribution in [1.29, 1.82) is 0 Å². The van der Waals surface area contributed by atoms with Crippen molar-refractivity contribution in [1.82, 2.24) is 9.97 Å². The Labute approximate surface area is 171 Å². The van der Waals surface area contributed by atoms with Crippen molar-refractivity contribution in [3.05, 3.63) is 29.8 Å². The third-order valence-electron chi connectivity index (χ3n) is 5.57. The summed E-state index contributed by atoms with van der Waals surface area (Å²) in [7, 11) is 1.67. The van der Waals surface area contributed by atoms with Gasteiger partial charge in [0.05, 0.1) is 19.9 Å². The fraction of sp³-hybridized carbons (Fsp3) is 0.524. The Balaban J connectivity index is 1.60. The standard InChI is InChI=1S/C21H30N6O2/c1-14(2)27-13-23-18-19(22-12-15-4-6-17(29-3)7-5-15)24-21(25-20(18)27)26-10-8-16(28)9-11-26/h4-7,14,16,23,28H,8-13H2,1-3H3,(H,22,24,25). The Kier molecular flexibility index (Phi) is 5.62. The van der Waals surface area contributed by atoms with Crippen LogP contribution in [0.2, 0.25) is 0 Å². The van der Waals surface area contributed by atoms with Crippen LogP contribution in [-0.4, -0.2) is 54.1 Å². The number of anilines is 4. The van der Waals surface area contributed by atoms with Gasteiger partial charge in [-0.2, -0.15) is 9.97 Å². The molecule has 8 heteroatoms. The molecule has 29 heavy (non-hydrogen) atoms. The van der Waals surface area contributed by atoms with Crippen LogP contribution in [0.25, 0.3) is 0 Å². The molecule has 1 saturated heterocycles. The van der Waals surface area contributed by atoms with Crippen molar-refractivity contribution in [3.63, 3.8) is 0 Å². The van der Waals surface area contributed by atoms with Gasteiger partial charge in [-0.15, -0.1) is 0 Å². The first-order chi connectivity index (χ1) is 14.0. The zero-order valence-corrected chi connectivity index (χ0v) is 17.4. The molecule has 0 radical (unpaired) electrons. The average Bonchev–Trinajstić information content (AvgIpc) is 3.17. The molecule has 0 unspecified atom stereocenters. The Morgan fingerprint density at radius 1 is 1.21 bits per heavy atom. The van der Waals surface area contributed by atoms with Gasteiger partial charge in [0.1, 0.15) is 11.4 Å². The van der Waals surface area contributed by atoms with E-state index in [0.717, 1.165) is 67.2 Å². The number of ether oxygens (including phenoxy) is 1. The van der Waals surface area contributed by atoms with E-state index in [1.165, 1.54) is 0 Å². The molecule has 2 aromatic rings. The van der Waals surface area contributed by atoms with Crippen LogP contribution in [0.1, 0.15) is 32.3 Å². The number of piperidine rings is 1. The molecule has 0 bridgehead atoms. The highest BCUT2D eigenvalue weighted by molar-refractivity contribution is 5.83. The van der Waals surface area contributed by atoms with Crippen LogP contribution in [0, 0.1) is 0 Å². The first-order valence-electron chi connectivity index (χ1n) is 10.3. The number of aliphatic hydroxyl groups excluding tert-OH is 1. The highest BCUT2D eigenvalue weighted by Crippen LogP contribution is 2.38. The van der Waals surface area contributed by atoms with Gasteiger partial charge in [0, 0.05) is 25.7 Å². The summed E-state index contributed by atoms with van der Waals surface area (Å²) in [5, 5.41) is 16.8. The molecule has 3 heterocycles. The molecule has 4 rings (SSSR count). The van der Waals surface area contributed by atoms with Gasteiger partial charge in [0.25, 0.3) is 0 Å². The molecule has 1 aromatic heterocycles. The predicted octanol–water partition coefficient (Wildman–Crippen LogP) is 2.66. The maximum Gasteiger partial charge on any atom is 0.229 e. The lowest BCUT2D eigenvalue weighted by Crippen LogP contribution is -2.37. The normalized spacial score (nSPS) is 16.7. The Morgan fingerprint density at radius 3 is 2.59 bits per heavy atom. The summed E-state index contributed by atoms with van der Waals surface area (Å²) in [6.07, 6.45) is 1.28. The SMILES string of the molecule is COc1ccc(CNc2nc(N3CCC(O)CC3)nc3c2NCN3C(C)C)cc1. The minimum atomic E-state index is -0.220. The molecule has 8 nitrogen and oxygen atoms in total. The largest absolute Gasteiger partial charge is 0.497 e. The number of benzene rings is 1. The number of rotatable bonds is 6. The van der Waals surface area contributed by atoms with Crippen LogP contribution in [0.15, 0.2) is 24.3 Å². The van der Waals surface area contributed by atoms with Gasteiger partial charge in [-0.05, 0) is 44.4 Å². The van der Waals surface area contributed by atoms with Crippen molar-refractivity contribution in [2.75, 3.05) is 47.3 Å². The molecule has 2 aliphatic rings. The van der Waals surface area contributed by atoms with E-state index in [1.54, 1.807) is 7.11 Å². The van der Waals surface area contributed by atoms with Crippen LogP contribution in [0.5, 0.6) is 5.75 Å². The maximum absolute atomic E-state index is 9.84. The lowest BCUT2D eigenvalue weighted by atomic mass is 10.1. The van der Waals surface area contributed by atoms with Crippen molar-refractivity contribution >= 4 is 23.3 Å². The Hall–Kier alpha value is -2.74. The van der Waals surface area contributed by atoms with E-state index in [-0.39, 0.29) is 6.10 Å². The summed E-state index contributed by atoms with van der Waals surface area (Å²) in [6.45, 7) is 7.26. The maximum atomic E-state index is 9.84. The molecule has 0 saturated carbocycles. The fourth-order valence-electron chi connectivity index (χ4n) is 3.74. The highest BCUT2D eigenvalue weighted by Gasteiger charge is 2.29. The summed E-state index contributed by atoms with van der Waals surface area (Å²) in [6, 6.07) is 8.36. The molecule has 0 aliphatic carbocycles. The molecular weight excluding hydrogens is 368 g/mol. The number of hydrogen-bond donors (Lipinski definition) is 3. The van der Waals surface area contributed by atoms with Gasteiger partial charge in [0.15, 0.2) is 11.6 Å². The lowest BCUT2D eigenvalue weighted by molar-refractivity contribution is 0.145. The summed E-state index contributed by atoms with van der Waals surface area (Å²) >= 11 is 0. The van der Waals surface area contributed by atoms with Crippen molar-refractivity contribution in [3.8, 4) is 5.75 Å². The second-order valence-electron chi connectivity index (χ2n) is 7.89. The third kappa shape index (κ3) is 4.17. The molecule has 0 atom stereocenters. The minimum Gasteiger partial charge on any atom is -0.497 e. The quantitative estimate of drug-likeness (QED) is 0.685. The van der Waals surface area contributed by atoms with E-state index in [2.05, 4.69) is 34.3 Å². The van der Waals surface area contributed by atoms with E-state index in [1.807, 2.05) is 24.3 Å². The number of fused-ring (bicyclic) bond motifs is 1. The van der Waals surface area contributed by atoms with Gasteiger partial charge < -0.3 is 30.3 Å². The first-order valence-corrected chi connectivity index (χ1v) is 10.3. The molecule has 2 aliphatic heterocycles. The summed E-state index contributed by atoms with van der Waals surface area (Å²) < 4.78 is 5.24. The fourth-order valence-corrected chi connectivity index (χ4v) is 3.74. The molecular formula is C21H30N6O2. The number of methoxy groups -OCH3 is 1. The van der Waals surface area contributed by atoms with E-state index in [9.17, 15) is 5.11 Å². The molecule has 3 N–H and O–H groups in total. The van der Waals surface area contributed by atoms with Gasteiger partial charge >= 0.3 is 0 Å². The summed E-state index contributed by atoms with van der Waals surface area (Å²) in [4.78, 5) is 14.1. The molecule has 156 valence electrons. The number of aromatic nitrogens is 2. The zero-order chi connectivity index (χ0) is 20.4. The zero-order valence-electron chi connectivity index (χ0n) is 17.4. The van der Waals surface area contributed by atoms with Gasteiger partial charge in [-0.1, -0.05) is 12.1 Å². The number of nitrogens with one attached hydrogen (secondary N) is 2. The summed E-state index contributed by atoms with van der Waals surface area (Å²) in [5.41, 5.74) is 2.10. The predicted molar refractivity (Wildman–Crippen MR) is 116 cm³/mol. The van der Waals surface area contributed by atoms with E-state index in [4.69, 9.17) is 14.7 Å². The molecule has 1 aromatic carbocycles. The van der Waals surface area contributed by atoms with Crippen molar-refractivity contribution in [2.24, 2.45) is 0 Å². The third-order valence-corrected chi connectivity index (χ3v) is 5.57. The molecule has 0 amide bonds. The highest BCUT2D eigenvalue weighted by atomic mass is 16.5. The average molecular weight is 399 g/mol.